The van der Waals surface area contributed by atoms with Gasteiger partial charge in [0.2, 0.25) is 10.0 Å². The fourth-order valence-corrected chi connectivity index (χ4v) is 2.69. The van der Waals surface area contributed by atoms with Gasteiger partial charge in [-0.25, -0.2) is 18.1 Å². The number of nitrogens with zero attached hydrogens (tertiary/aromatic N) is 2. The summed E-state index contributed by atoms with van der Waals surface area (Å²) in [7, 11) is -3.65. The number of nitriles is 1. The second-order valence-electron chi connectivity index (χ2n) is 3.73. The lowest BCUT2D eigenvalue weighted by molar-refractivity contribution is 0.270. The first kappa shape index (κ1) is 14.6. The molecular formula is C11H15N3O3S. The molecule has 1 aromatic rings. The van der Waals surface area contributed by atoms with E-state index in [-0.39, 0.29) is 23.2 Å². The molecule has 6 nitrogen and oxygen atoms in total. The van der Waals surface area contributed by atoms with E-state index < -0.39 is 10.0 Å². The highest BCUT2D eigenvalue weighted by molar-refractivity contribution is 7.89. The zero-order valence-corrected chi connectivity index (χ0v) is 10.8. The summed E-state index contributed by atoms with van der Waals surface area (Å²) < 4.78 is 26.4. The second kappa shape index (κ2) is 6.44. The normalized spacial score (nSPS) is 12.9. The summed E-state index contributed by atoms with van der Waals surface area (Å²) in [5, 5.41) is 17.4. The zero-order valence-electron chi connectivity index (χ0n) is 10.00. The highest BCUT2D eigenvalue weighted by Gasteiger charge is 2.18. The third kappa shape index (κ3) is 3.77. The SMILES string of the molecule is CCC(CCO)NS(=O)(=O)c1ccc(C#N)nc1. The Morgan fingerprint density at radius 2 is 2.28 bits per heavy atom. The minimum atomic E-state index is -3.65. The van der Waals surface area contributed by atoms with Crippen molar-refractivity contribution in [2.45, 2.75) is 30.7 Å². The maximum Gasteiger partial charge on any atom is 0.242 e. The summed E-state index contributed by atoms with van der Waals surface area (Å²) in [5.41, 5.74) is 0.163. The van der Waals surface area contributed by atoms with Gasteiger partial charge < -0.3 is 5.11 Å². The molecule has 0 aliphatic heterocycles. The van der Waals surface area contributed by atoms with E-state index in [2.05, 4.69) is 9.71 Å². The number of hydrogen-bond acceptors (Lipinski definition) is 5. The summed E-state index contributed by atoms with van der Waals surface area (Å²) >= 11 is 0. The van der Waals surface area contributed by atoms with Gasteiger partial charge in [-0.2, -0.15) is 5.26 Å². The lowest BCUT2D eigenvalue weighted by Gasteiger charge is -2.15. The zero-order chi connectivity index (χ0) is 13.6. The standard InChI is InChI=1S/C11H15N3O3S/c1-2-9(5-6-15)14-18(16,17)11-4-3-10(7-12)13-8-11/h3-4,8-9,14-15H,2,5-6H2,1H3. The van der Waals surface area contributed by atoms with Gasteiger partial charge in [0.05, 0.1) is 0 Å². The predicted molar refractivity (Wildman–Crippen MR) is 65.1 cm³/mol. The smallest absolute Gasteiger partial charge is 0.242 e. The molecule has 18 heavy (non-hydrogen) atoms. The Morgan fingerprint density at radius 3 is 2.72 bits per heavy atom. The average Bonchev–Trinajstić information content (AvgIpc) is 2.38. The molecule has 0 radical (unpaired) electrons. The summed E-state index contributed by atoms with van der Waals surface area (Å²) in [4.78, 5) is 3.72. The Kier molecular flexibility index (Phi) is 5.22. The Morgan fingerprint density at radius 1 is 1.56 bits per heavy atom. The number of aliphatic hydroxyl groups is 1. The number of sulfonamides is 1. The van der Waals surface area contributed by atoms with Crippen LogP contribution in [0.3, 0.4) is 0 Å². The van der Waals surface area contributed by atoms with Crippen LogP contribution in [0.4, 0.5) is 0 Å². The van der Waals surface area contributed by atoms with E-state index in [9.17, 15) is 8.42 Å². The Labute approximate surface area is 106 Å². The molecule has 98 valence electrons. The van der Waals surface area contributed by atoms with Crippen LogP contribution in [0.15, 0.2) is 23.2 Å². The summed E-state index contributed by atoms with van der Waals surface area (Å²) in [6.07, 6.45) is 2.09. The van der Waals surface area contributed by atoms with Crippen molar-refractivity contribution in [2.75, 3.05) is 6.61 Å². The minimum Gasteiger partial charge on any atom is -0.396 e. The molecule has 0 saturated carbocycles. The largest absolute Gasteiger partial charge is 0.396 e. The van der Waals surface area contributed by atoms with Crippen LogP contribution >= 0.6 is 0 Å². The van der Waals surface area contributed by atoms with Crippen molar-refractivity contribution < 1.29 is 13.5 Å². The molecule has 0 aromatic carbocycles. The predicted octanol–water partition coefficient (Wildman–Crippen LogP) is 0.393. The highest BCUT2D eigenvalue weighted by Crippen LogP contribution is 2.10. The number of aromatic nitrogens is 1. The first-order valence-electron chi connectivity index (χ1n) is 5.52. The van der Waals surface area contributed by atoms with Crippen LogP contribution in [0, 0.1) is 11.3 Å². The molecule has 0 aliphatic rings. The van der Waals surface area contributed by atoms with Gasteiger partial charge in [-0.05, 0) is 25.0 Å². The maximum atomic E-state index is 12.0. The van der Waals surface area contributed by atoms with Crippen LogP contribution in [-0.4, -0.2) is 31.2 Å². The summed E-state index contributed by atoms with van der Waals surface area (Å²) in [6.45, 7) is 1.76. The van der Waals surface area contributed by atoms with Crippen molar-refractivity contribution in [3.8, 4) is 6.07 Å². The third-order valence-electron chi connectivity index (χ3n) is 2.45. The fourth-order valence-electron chi connectivity index (χ4n) is 1.40. The van der Waals surface area contributed by atoms with Gasteiger partial charge in [0, 0.05) is 18.8 Å². The van der Waals surface area contributed by atoms with Gasteiger partial charge in [0.15, 0.2) is 0 Å². The molecule has 1 rings (SSSR count). The number of aliphatic hydroxyl groups excluding tert-OH is 1. The van der Waals surface area contributed by atoms with E-state index in [1.807, 2.05) is 13.0 Å². The molecule has 1 unspecified atom stereocenters. The summed E-state index contributed by atoms with van der Waals surface area (Å²) in [6, 6.07) is 4.19. The molecule has 1 aromatic heterocycles. The van der Waals surface area contributed by atoms with Gasteiger partial charge in [0.25, 0.3) is 0 Å². The van der Waals surface area contributed by atoms with Crippen LogP contribution in [0.25, 0.3) is 0 Å². The van der Waals surface area contributed by atoms with E-state index in [1.165, 1.54) is 12.1 Å². The van der Waals surface area contributed by atoms with E-state index in [0.29, 0.717) is 12.8 Å². The van der Waals surface area contributed by atoms with Crippen LogP contribution in [0.1, 0.15) is 25.5 Å². The van der Waals surface area contributed by atoms with Crippen molar-refractivity contribution in [1.29, 1.82) is 5.26 Å². The van der Waals surface area contributed by atoms with E-state index >= 15 is 0 Å². The first-order chi connectivity index (χ1) is 8.53. The third-order valence-corrected chi connectivity index (χ3v) is 3.96. The number of pyridine rings is 1. The van der Waals surface area contributed by atoms with Gasteiger partial charge in [-0.15, -0.1) is 0 Å². The molecule has 0 amide bonds. The lowest BCUT2D eigenvalue weighted by atomic mass is 10.2. The Balaban J connectivity index is 2.88. The van der Waals surface area contributed by atoms with E-state index in [4.69, 9.17) is 10.4 Å². The minimum absolute atomic E-state index is 0.0119. The number of nitrogens with one attached hydrogen (secondary N) is 1. The van der Waals surface area contributed by atoms with Crippen LogP contribution in [0.2, 0.25) is 0 Å². The molecule has 7 heteroatoms. The second-order valence-corrected chi connectivity index (χ2v) is 5.44. The average molecular weight is 269 g/mol. The molecular weight excluding hydrogens is 254 g/mol. The van der Waals surface area contributed by atoms with Crippen LogP contribution in [0.5, 0.6) is 0 Å². The van der Waals surface area contributed by atoms with Crippen molar-refractivity contribution in [3.63, 3.8) is 0 Å². The van der Waals surface area contributed by atoms with Gasteiger partial charge >= 0.3 is 0 Å². The van der Waals surface area contributed by atoms with Crippen LogP contribution in [-0.2, 0) is 10.0 Å². The maximum absolute atomic E-state index is 12.0. The Hall–Kier alpha value is -1.49. The highest BCUT2D eigenvalue weighted by atomic mass is 32.2. The molecule has 2 N–H and O–H groups in total. The van der Waals surface area contributed by atoms with E-state index in [1.54, 1.807) is 0 Å². The molecule has 0 aliphatic carbocycles. The topological polar surface area (TPSA) is 103 Å². The molecule has 0 saturated heterocycles. The van der Waals surface area contributed by atoms with Gasteiger partial charge in [-0.1, -0.05) is 6.92 Å². The first-order valence-corrected chi connectivity index (χ1v) is 7.01. The lowest BCUT2D eigenvalue weighted by Crippen LogP contribution is -2.35. The molecule has 0 bridgehead atoms. The van der Waals surface area contributed by atoms with E-state index in [0.717, 1.165) is 6.20 Å². The molecule has 1 atom stereocenters. The summed E-state index contributed by atoms with van der Waals surface area (Å²) in [5.74, 6) is 0. The van der Waals surface area contributed by atoms with Crippen molar-refractivity contribution in [2.24, 2.45) is 0 Å². The number of hydrogen-bond donors (Lipinski definition) is 2. The van der Waals surface area contributed by atoms with Crippen LogP contribution < -0.4 is 4.72 Å². The Bertz CT molecular complexity index is 519. The quantitative estimate of drug-likeness (QED) is 0.777. The molecule has 0 fully saturated rings. The fraction of sp³-hybridized carbons (Fsp3) is 0.455. The van der Waals surface area contributed by atoms with Crippen molar-refractivity contribution >= 4 is 10.0 Å². The monoisotopic (exact) mass is 269 g/mol. The van der Waals surface area contributed by atoms with Crippen molar-refractivity contribution in [1.82, 2.24) is 9.71 Å². The number of rotatable bonds is 6. The van der Waals surface area contributed by atoms with Gasteiger partial charge in [0.1, 0.15) is 16.7 Å². The van der Waals surface area contributed by atoms with Gasteiger partial charge in [-0.3, -0.25) is 0 Å². The molecule has 1 heterocycles. The van der Waals surface area contributed by atoms with Crippen molar-refractivity contribution in [3.05, 3.63) is 24.0 Å². The molecule has 0 spiro atoms.